The van der Waals surface area contributed by atoms with Gasteiger partial charge >= 0.3 is 11.1 Å². The summed E-state index contributed by atoms with van der Waals surface area (Å²) >= 11 is 0. The summed E-state index contributed by atoms with van der Waals surface area (Å²) in [6.45, 7) is 1.54. The molecule has 15 heavy (non-hydrogen) atoms. The summed E-state index contributed by atoms with van der Waals surface area (Å²) in [5.74, 6) is 0. The Kier molecular flexibility index (Phi) is 4.30. The fraction of sp³-hybridized carbons (Fsp3) is 0.600. The van der Waals surface area contributed by atoms with Crippen LogP contribution < -0.4 is 16.4 Å². The van der Waals surface area contributed by atoms with Crippen molar-refractivity contribution in [2.75, 3.05) is 13.6 Å². The molecule has 0 spiro atoms. The molecule has 0 unspecified atom stereocenters. The van der Waals surface area contributed by atoms with Crippen molar-refractivity contribution in [2.45, 2.75) is 19.4 Å². The van der Waals surface area contributed by atoms with E-state index in [1.807, 2.05) is 7.05 Å². The van der Waals surface area contributed by atoms with Crippen LogP contribution in [-0.2, 0) is 13.6 Å². The normalized spacial score (nSPS) is 10.5. The minimum Gasteiger partial charge on any atom is -0.320 e. The number of hydrogen-bond acceptors (Lipinski definition) is 3. The molecular formula is C10H17N3O2. The predicted octanol–water partition coefficient (Wildman–Crippen LogP) is -0.453. The monoisotopic (exact) mass is 211 g/mol. The summed E-state index contributed by atoms with van der Waals surface area (Å²) in [7, 11) is 3.47. The predicted molar refractivity (Wildman–Crippen MR) is 59.1 cm³/mol. The van der Waals surface area contributed by atoms with Crippen LogP contribution in [0.1, 0.15) is 12.8 Å². The molecule has 0 aliphatic heterocycles. The molecule has 0 radical (unpaired) electrons. The Morgan fingerprint density at radius 1 is 1.20 bits per heavy atom. The third-order valence-electron chi connectivity index (χ3n) is 2.31. The molecule has 0 fully saturated rings. The fourth-order valence-corrected chi connectivity index (χ4v) is 1.35. The zero-order chi connectivity index (χ0) is 11.3. The third-order valence-corrected chi connectivity index (χ3v) is 2.31. The molecule has 0 aliphatic carbocycles. The Bertz CT molecular complexity index is 419. The molecule has 0 amide bonds. The van der Waals surface area contributed by atoms with Crippen molar-refractivity contribution < 1.29 is 0 Å². The smallest absolute Gasteiger partial charge is 0.316 e. The van der Waals surface area contributed by atoms with Crippen molar-refractivity contribution in [3.05, 3.63) is 33.1 Å². The molecule has 1 aromatic rings. The lowest BCUT2D eigenvalue weighted by molar-refractivity contribution is 0.565. The Morgan fingerprint density at radius 3 is 2.60 bits per heavy atom. The molecule has 0 bridgehead atoms. The molecule has 1 aromatic heterocycles. The van der Waals surface area contributed by atoms with E-state index in [4.69, 9.17) is 0 Å². The summed E-state index contributed by atoms with van der Waals surface area (Å²) in [5, 5.41) is 3.04. The summed E-state index contributed by atoms with van der Waals surface area (Å²) in [6, 6.07) is 0. The molecule has 1 N–H and O–H groups in total. The summed E-state index contributed by atoms with van der Waals surface area (Å²) in [6.07, 6.45) is 5.16. The maximum absolute atomic E-state index is 11.5. The van der Waals surface area contributed by atoms with E-state index in [1.165, 1.54) is 9.13 Å². The molecule has 0 saturated carbocycles. The molecule has 5 nitrogen and oxygen atoms in total. The first-order chi connectivity index (χ1) is 7.16. The highest BCUT2D eigenvalue weighted by Crippen LogP contribution is 1.90. The van der Waals surface area contributed by atoms with Crippen LogP contribution in [0.25, 0.3) is 0 Å². The van der Waals surface area contributed by atoms with Crippen molar-refractivity contribution >= 4 is 0 Å². The number of aromatic nitrogens is 2. The van der Waals surface area contributed by atoms with Gasteiger partial charge in [-0.15, -0.1) is 0 Å². The van der Waals surface area contributed by atoms with Crippen molar-refractivity contribution in [1.82, 2.24) is 14.5 Å². The first-order valence-electron chi connectivity index (χ1n) is 5.07. The Labute approximate surface area is 88.4 Å². The standard InChI is InChI=1S/C10H17N3O2/c1-11-5-3-4-6-13-8-7-12(2)9(14)10(13)15/h7-8,11H,3-6H2,1-2H3. The third kappa shape index (κ3) is 3.06. The van der Waals surface area contributed by atoms with Gasteiger partial charge in [0.15, 0.2) is 0 Å². The zero-order valence-electron chi connectivity index (χ0n) is 9.19. The van der Waals surface area contributed by atoms with Crippen LogP contribution in [0.4, 0.5) is 0 Å². The van der Waals surface area contributed by atoms with Crippen molar-refractivity contribution in [1.29, 1.82) is 0 Å². The van der Waals surface area contributed by atoms with E-state index >= 15 is 0 Å². The van der Waals surface area contributed by atoms with Crippen LogP contribution in [0.3, 0.4) is 0 Å². The van der Waals surface area contributed by atoms with Gasteiger partial charge in [-0.2, -0.15) is 0 Å². The van der Waals surface area contributed by atoms with Gasteiger partial charge < -0.3 is 14.5 Å². The maximum Gasteiger partial charge on any atom is 0.316 e. The molecule has 5 heteroatoms. The second-order valence-electron chi connectivity index (χ2n) is 3.52. The molecule has 0 saturated heterocycles. The Balaban J connectivity index is 2.67. The lowest BCUT2D eigenvalue weighted by atomic mass is 10.3. The Morgan fingerprint density at radius 2 is 1.93 bits per heavy atom. The van der Waals surface area contributed by atoms with E-state index in [-0.39, 0.29) is 0 Å². The van der Waals surface area contributed by atoms with Gasteiger partial charge in [0.2, 0.25) is 0 Å². The SMILES string of the molecule is CNCCCCn1ccn(C)c(=O)c1=O. The van der Waals surface area contributed by atoms with Gasteiger partial charge in [-0.3, -0.25) is 9.59 Å². The van der Waals surface area contributed by atoms with E-state index in [1.54, 1.807) is 19.4 Å². The minimum atomic E-state index is -0.467. The first kappa shape index (κ1) is 11.7. The number of nitrogens with one attached hydrogen (secondary N) is 1. The van der Waals surface area contributed by atoms with Gasteiger partial charge in [0, 0.05) is 26.0 Å². The summed E-state index contributed by atoms with van der Waals surface area (Å²) in [4.78, 5) is 22.8. The van der Waals surface area contributed by atoms with E-state index in [2.05, 4.69) is 5.32 Å². The van der Waals surface area contributed by atoms with Crippen molar-refractivity contribution in [3.63, 3.8) is 0 Å². The van der Waals surface area contributed by atoms with E-state index in [0.717, 1.165) is 19.4 Å². The topological polar surface area (TPSA) is 56.0 Å². The largest absolute Gasteiger partial charge is 0.320 e. The minimum absolute atomic E-state index is 0.440. The summed E-state index contributed by atoms with van der Waals surface area (Å²) < 4.78 is 2.77. The molecule has 0 aliphatic rings. The highest BCUT2D eigenvalue weighted by Gasteiger charge is 2.01. The first-order valence-corrected chi connectivity index (χ1v) is 5.07. The number of rotatable bonds is 5. The van der Waals surface area contributed by atoms with Gasteiger partial charge in [0.05, 0.1) is 0 Å². The molecule has 1 rings (SSSR count). The van der Waals surface area contributed by atoms with Gasteiger partial charge in [0.1, 0.15) is 0 Å². The molecule has 84 valence electrons. The van der Waals surface area contributed by atoms with Gasteiger partial charge in [-0.1, -0.05) is 0 Å². The average Bonchev–Trinajstić information content (AvgIpc) is 2.24. The number of hydrogen-bond donors (Lipinski definition) is 1. The Hall–Kier alpha value is -1.36. The maximum atomic E-state index is 11.5. The molecule has 0 atom stereocenters. The van der Waals surface area contributed by atoms with Crippen LogP contribution >= 0.6 is 0 Å². The molecule has 1 heterocycles. The van der Waals surface area contributed by atoms with Crippen LogP contribution in [0.2, 0.25) is 0 Å². The fourth-order valence-electron chi connectivity index (χ4n) is 1.35. The van der Waals surface area contributed by atoms with E-state index in [0.29, 0.717) is 6.54 Å². The average molecular weight is 211 g/mol. The molecular weight excluding hydrogens is 194 g/mol. The van der Waals surface area contributed by atoms with Crippen LogP contribution in [0.15, 0.2) is 22.0 Å². The van der Waals surface area contributed by atoms with Gasteiger partial charge in [-0.25, -0.2) is 0 Å². The van der Waals surface area contributed by atoms with E-state index < -0.39 is 11.1 Å². The van der Waals surface area contributed by atoms with Crippen molar-refractivity contribution in [2.24, 2.45) is 7.05 Å². The highest BCUT2D eigenvalue weighted by molar-refractivity contribution is 4.84. The lowest BCUT2D eigenvalue weighted by Gasteiger charge is -2.05. The lowest BCUT2D eigenvalue weighted by Crippen LogP contribution is -2.39. The number of unbranched alkanes of at least 4 members (excludes halogenated alkanes) is 1. The quantitative estimate of drug-likeness (QED) is 0.530. The van der Waals surface area contributed by atoms with Crippen LogP contribution in [0, 0.1) is 0 Å². The summed E-state index contributed by atoms with van der Waals surface area (Å²) in [5.41, 5.74) is -0.907. The molecule has 0 aromatic carbocycles. The highest BCUT2D eigenvalue weighted by atomic mass is 16.2. The van der Waals surface area contributed by atoms with Gasteiger partial charge in [-0.05, 0) is 26.4 Å². The van der Waals surface area contributed by atoms with Crippen LogP contribution in [0.5, 0.6) is 0 Å². The second-order valence-corrected chi connectivity index (χ2v) is 3.52. The number of aryl methyl sites for hydroxylation is 2. The van der Waals surface area contributed by atoms with Gasteiger partial charge in [0.25, 0.3) is 0 Å². The van der Waals surface area contributed by atoms with Crippen molar-refractivity contribution in [3.8, 4) is 0 Å². The second kappa shape index (κ2) is 5.50. The zero-order valence-corrected chi connectivity index (χ0v) is 9.19. The van der Waals surface area contributed by atoms with Crippen LogP contribution in [-0.4, -0.2) is 22.7 Å². The van der Waals surface area contributed by atoms with E-state index in [9.17, 15) is 9.59 Å². The number of nitrogens with zero attached hydrogens (tertiary/aromatic N) is 2.